The van der Waals surface area contributed by atoms with Crippen LogP contribution in [-0.4, -0.2) is 50.0 Å². The third-order valence-electron chi connectivity index (χ3n) is 6.32. The van der Waals surface area contributed by atoms with E-state index in [1.807, 2.05) is 38.4 Å². The van der Waals surface area contributed by atoms with E-state index in [4.69, 9.17) is 4.98 Å². The Bertz CT molecular complexity index is 1200. The van der Waals surface area contributed by atoms with Crippen molar-refractivity contribution in [2.45, 2.75) is 25.7 Å². The topological polar surface area (TPSA) is 71.8 Å². The molecule has 0 bridgehead atoms. The molecule has 1 aliphatic rings. The Labute approximate surface area is 182 Å². The summed E-state index contributed by atoms with van der Waals surface area (Å²) >= 11 is 0. The minimum Gasteiger partial charge on any atom is -0.324 e. The van der Waals surface area contributed by atoms with Gasteiger partial charge in [-0.15, -0.1) is 5.10 Å². The predicted molar refractivity (Wildman–Crippen MR) is 123 cm³/mol. The molecular weight excluding hydrogens is 386 g/mol. The van der Waals surface area contributed by atoms with E-state index < -0.39 is 0 Å². The molecule has 0 unspecified atom stereocenters. The fourth-order valence-electron chi connectivity index (χ4n) is 4.21. The van der Waals surface area contributed by atoms with Gasteiger partial charge < -0.3 is 10.2 Å². The lowest BCUT2D eigenvalue weighted by molar-refractivity contribution is 0.255. The van der Waals surface area contributed by atoms with Crippen LogP contribution in [0.4, 0.5) is 11.6 Å². The molecule has 1 saturated heterocycles. The summed E-state index contributed by atoms with van der Waals surface area (Å²) in [6, 6.07) is 14.8. The second-order valence-corrected chi connectivity index (χ2v) is 8.44. The lowest BCUT2D eigenvalue weighted by atomic mass is 9.89. The minimum absolute atomic E-state index is 0.590. The van der Waals surface area contributed by atoms with Crippen molar-refractivity contribution in [1.82, 2.24) is 29.9 Å². The fraction of sp³-hybridized carbons (Fsp3) is 0.333. The zero-order valence-electron chi connectivity index (χ0n) is 18.2. The Hall–Kier alpha value is -3.32. The van der Waals surface area contributed by atoms with Crippen molar-refractivity contribution in [3.63, 3.8) is 0 Å². The van der Waals surface area contributed by atoms with Crippen LogP contribution < -0.4 is 5.32 Å². The van der Waals surface area contributed by atoms with Crippen LogP contribution in [0.5, 0.6) is 0 Å². The first-order chi connectivity index (χ1) is 15.1. The van der Waals surface area contributed by atoms with Crippen molar-refractivity contribution < 1.29 is 0 Å². The highest BCUT2D eigenvalue weighted by Gasteiger charge is 2.18. The molecule has 0 spiro atoms. The van der Waals surface area contributed by atoms with Crippen LogP contribution in [0.25, 0.3) is 22.2 Å². The lowest BCUT2D eigenvalue weighted by Gasteiger charge is -2.29. The highest BCUT2D eigenvalue weighted by molar-refractivity contribution is 5.84. The first kappa shape index (κ1) is 19.6. The molecule has 158 valence electrons. The number of hydrogen-bond donors (Lipinski definition) is 1. The SMILES string of the molecule is Cc1c(-c2ccc3cnc(Nc4ccc(C5CCN(C)CC5)cc4)nc3c2)nnn1C. The van der Waals surface area contributed by atoms with Gasteiger partial charge >= 0.3 is 0 Å². The predicted octanol–water partition coefficient (Wildman–Crippen LogP) is 4.29. The van der Waals surface area contributed by atoms with Crippen molar-refractivity contribution in [1.29, 1.82) is 0 Å². The monoisotopic (exact) mass is 413 g/mol. The van der Waals surface area contributed by atoms with Crippen molar-refractivity contribution in [3.8, 4) is 11.3 Å². The van der Waals surface area contributed by atoms with E-state index in [-0.39, 0.29) is 0 Å². The number of hydrogen-bond acceptors (Lipinski definition) is 6. The molecule has 2 aromatic heterocycles. The molecule has 2 aromatic carbocycles. The minimum atomic E-state index is 0.590. The third kappa shape index (κ3) is 4.01. The largest absolute Gasteiger partial charge is 0.324 e. The maximum Gasteiger partial charge on any atom is 0.227 e. The van der Waals surface area contributed by atoms with E-state index in [1.54, 1.807) is 4.68 Å². The highest BCUT2D eigenvalue weighted by atomic mass is 15.4. The number of nitrogens with zero attached hydrogens (tertiary/aromatic N) is 6. The maximum absolute atomic E-state index is 4.73. The molecule has 1 N–H and O–H groups in total. The number of nitrogens with one attached hydrogen (secondary N) is 1. The molecule has 7 nitrogen and oxygen atoms in total. The molecule has 0 aliphatic carbocycles. The van der Waals surface area contributed by atoms with Crippen LogP contribution in [0, 0.1) is 6.92 Å². The molecule has 0 saturated carbocycles. The Morgan fingerprint density at radius 1 is 1.00 bits per heavy atom. The smallest absolute Gasteiger partial charge is 0.227 e. The van der Waals surface area contributed by atoms with Crippen molar-refractivity contribution in [2.24, 2.45) is 7.05 Å². The van der Waals surface area contributed by atoms with E-state index in [2.05, 4.69) is 56.8 Å². The Morgan fingerprint density at radius 2 is 1.77 bits per heavy atom. The molecule has 3 heterocycles. The number of benzene rings is 2. The normalized spacial score (nSPS) is 15.5. The Balaban J connectivity index is 1.36. The van der Waals surface area contributed by atoms with Gasteiger partial charge in [0.15, 0.2) is 0 Å². The molecule has 4 aromatic rings. The van der Waals surface area contributed by atoms with E-state index in [9.17, 15) is 0 Å². The fourth-order valence-corrected chi connectivity index (χ4v) is 4.21. The van der Waals surface area contributed by atoms with Gasteiger partial charge in [0.25, 0.3) is 0 Å². The highest BCUT2D eigenvalue weighted by Crippen LogP contribution is 2.29. The van der Waals surface area contributed by atoms with Gasteiger partial charge in [-0.25, -0.2) is 9.97 Å². The average molecular weight is 414 g/mol. The zero-order valence-corrected chi connectivity index (χ0v) is 18.2. The molecule has 0 atom stereocenters. The Kier molecular flexibility index (Phi) is 5.11. The van der Waals surface area contributed by atoms with Crippen LogP contribution in [-0.2, 0) is 7.05 Å². The lowest BCUT2D eigenvalue weighted by Crippen LogP contribution is -2.29. The summed E-state index contributed by atoms with van der Waals surface area (Å²) in [5, 5.41) is 12.7. The Morgan fingerprint density at radius 3 is 2.48 bits per heavy atom. The van der Waals surface area contributed by atoms with E-state index in [0.717, 1.165) is 33.5 Å². The van der Waals surface area contributed by atoms with Gasteiger partial charge in [-0.2, -0.15) is 0 Å². The maximum atomic E-state index is 4.73. The van der Waals surface area contributed by atoms with Gasteiger partial charge in [-0.05, 0) is 69.6 Å². The second kappa shape index (κ2) is 8.07. The summed E-state index contributed by atoms with van der Waals surface area (Å²) in [5.74, 6) is 1.25. The van der Waals surface area contributed by atoms with Crippen molar-refractivity contribution >= 4 is 22.5 Å². The van der Waals surface area contributed by atoms with E-state index in [0.29, 0.717) is 11.9 Å². The number of likely N-dealkylation sites (tertiary alicyclic amines) is 1. The molecule has 0 radical (unpaired) electrons. The van der Waals surface area contributed by atoms with Gasteiger partial charge in [0, 0.05) is 29.9 Å². The van der Waals surface area contributed by atoms with E-state index >= 15 is 0 Å². The first-order valence-corrected chi connectivity index (χ1v) is 10.8. The van der Waals surface area contributed by atoms with Gasteiger partial charge in [0.2, 0.25) is 5.95 Å². The van der Waals surface area contributed by atoms with Gasteiger partial charge in [-0.3, -0.25) is 4.68 Å². The van der Waals surface area contributed by atoms with Crippen molar-refractivity contribution in [3.05, 3.63) is 59.9 Å². The number of anilines is 2. The number of rotatable bonds is 4. The number of piperidine rings is 1. The number of fused-ring (bicyclic) bond motifs is 1. The molecular formula is C24H27N7. The van der Waals surface area contributed by atoms with Crippen LogP contribution in [0.15, 0.2) is 48.7 Å². The second-order valence-electron chi connectivity index (χ2n) is 8.44. The van der Waals surface area contributed by atoms with Crippen molar-refractivity contribution in [2.75, 3.05) is 25.5 Å². The summed E-state index contributed by atoms with van der Waals surface area (Å²) < 4.78 is 1.78. The number of aromatic nitrogens is 5. The van der Waals surface area contributed by atoms with Crippen LogP contribution >= 0.6 is 0 Å². The summed E-state index contributed by atoms with van der Waals surface area (Å²) in [5.41, 5.74) is 6.20. The van der Waals surface area contributed by atoms with Crippen LogP contribution in [0.3, 0.4) is 0 Å². The van der Waals surface area contributed by atoms with Crippen LogP contribution in [0.2, 0.25) is 0 Å². The van der Waals surface area contributed by atoms with E-state index in [1.165, 1.54) is 31.5 Å². The molecule has 1 fully saturated rings. The average Bonchev–Trinajstić information content (AvgIpc) is 3.13. The molecule has 1 aliphatic heterocycles. The quantitative estimate of drug-likeness (QED) is 0.538. The zero-order chi connectivity index (χ0) is 21.4. The van der Waals surface area contributed by atoms with Gasteiger partial charge in [0.1, 0.15) is 5.69 Å². The first-order valence-electron chi connectivity index (χ1n) is 10.8. The number of aryl methyl sites for hydroxylation is 1. The summed E-state index contributed by atoms with van der Waals surface area (Å²) in [4.78, 5) is 11.6. The van der Waals surface area contributed by atoms with Crippen LogP contribution in [0.1, 0.15) is 30.0 Å². The molecule has 7 heteroatoms. The molecule has 31 heavy (non-hydrogen) atoms. The summed E-state index contributed by atoms with van der Waals surface area (Å²) in [6.07, 6.45) is 4.31. The van der Waals surface area contributed by atoms with Gasteiger partial charge in [-0.1, -0.05) is 29.5 Å². The molecule has 5 rings (SSSR count). The van der Waals surface area contributed by atoms with Gasteiger partial charge in [0.05, 0.1) is 11.2 Å². The standard InChI is InChI=1S/C24H27N7/c1-16-23(28-29-31(16)3)19-4-5-20-15-25-24(27-22(20)14-19)26-21-8-6-17(7-9-21)18-10-12-30(2)13-11-18/h4-9,14-15,18H,10-13H2,1-3H3,(H,25,26,27). The summed E-state index contributed by atoms with van der Waals surface area (Å²) in [7, 11) is 4.10. The summed E-state index contributed by atoms with van der Waals surface area (Å²) in [6.45, 7) is 4.36. The third-order valence-corrected chi connectivity index (χ3v) is 6.32. The molecule has 0 amide bonds.